The van der Waals surface area contributed by atoms with Crippen molar-refractivity contribution in [3.05, 3.63) is 0 Å². The fourth-order valence-corrected chi connectivity index (χ4v) is 0.895. The van der Waals surface area contributed by atoms with Crippen LogP contribution in [0.3, 0.4) is 0 Å². The van der Waals surface area contributed by atoms with E-state index in [1.54, 1.807) is 0 Å². The summed E-state index contributed by atoms with van der Waals surface area (Å²) in [6.07, 6.45) is 4.21. The molecule has 2 heteroatoms. The Bertz CT molecular complexity index is 70.9. The molecule has 0 aliphatic rings. The number of carbonyl (C=O) groups excluding carboxylic acids is 1. The predicted octanol–water partition coefficient (Wildman–Crippen LogP) is 2.53. The van der Waals surface area contributed by atoms with Gasteiger partial charge in [-0.25, -0.2) is 0 Å². The fourth-order valence-electron chi connectivity index (χ4n) is 0.514. The van der Waals surface area contributed by atoms with Gasteiger partial charge in [0.2, 0.25) is 0 Å². The maximum absolute atomic E-state index is 10.3. The molecule has 1 nitrogen and oxygen atoms in total. The number of hydrogen-bond donors (Lipinski definition) is 0. The Labute approximate surface area is 64.0 Å². The zero-order chi connectivity index (χ0) is 6.41. The van der Waals surface area contributed by atoms with Crippen molar-refractivity contribution >= 4 is 26.4 Å². The van der Waals surface area contributed by atoms with Gasteiger partial charge < -0.3 is 0 Å². The van der Waals surface area contributed by atoms with Crippen LogP contribution >= 0.6 is 22.6 Å². The van der Waals surface area contributed by atoms with Gasteiger partial charge in [0.05, 0.1) is 0 Å². The molecule has 0 N–H and O–H groups in total. The second kappa shape index (κ2) is 5.54. The highest BCUT2D eigenvalue weighted by Gasteiger charge is 1.91. The largest absolute Gasteiger partial charge is 0.288 e. The maximum atomic E-state index is 10.3. The lowest BCUT2D eigenvalue weighted by molar-refractivity contribution is -0.109. The van der Waals surface area contributed by atoms with Crippen molar-refractivity contribution in [3.8, 4) is 0 Å². The minimum atomic E-state index is 0.288. The van der Waals surface area contributed by atoms with E-state index in [4.69, 9.17) is 0 Å². The van der Waals surface area contributed by atoms with E-state index in [-0.39, 0.29) is 3.79 Å². The van der Waals surface area contributed by atoms with Crippen molar-refractivity contribution in [1.29, 1.82) is 0 Å². The molecule has 0 aromatic carbocycles. The van der Waals surface area contributed by atoms with Crippen LogP contribution in [-0.4, -0.2) is 3.79 Å². The molecular formula is C6H11IO. The number of halogens is 1. The van der Waals surface area contributed by atoms with Gasteiger partial charge in [0, 0.05) is 6.42 Å². The summed E-state index contributed by atoms with van der Waals surface area (Å²) in [5, 5.41) is 0. The summed E-state index contributed by atoms with van der Waals surface area (Å²) >= 11 is 1.84. The Hall–Kier alpha value is 0.400. The first-order valence-corrected chi connectivity index (χ1v) is 4.03. The summed E-state index contributed by atoms with van der Waals surface area (Å²) in [6.45, 7) is 2.14. The molecule has 0 aliphatic heterocycles. The van der Waals surface area contributed by atoms with E-state index < -0.39 is 0 Å². The topological polar surface area (TPSA) is 17.1 Å². The second-order valence-corrected chi connectivity index (χ2v) is 3.02. The lowest BCUT2D eigenvalue weighted by Crippen LogP contribution is -1.83. The Morgan fingerprint density at radius 3 is 2.50 bits per heavy atom. The van der Waals surface area contributed by atoms with Gasteiger partial charge in [0.1, 0.15) is 0 Å². The maximum Gasteiger partial charge on any atom is 0.192 e. The third kappa shape index (κ3) is 6.40. The van der Waals surface area contributed by atoms with E-state index in [0.29, 0.717) is 0 Å². The summed E-state index contributed by atoms with van der Waals surface area (Å²) < 4.78 is 0.288. The molecule has 48 valence electrons. The molecule has 0 saturated carbocycles. The SMILES string of the molecule is CCCCCC(=O)I. The molecular weight excluding hydrogens is 215 g/mol. The van der Waals surface area contributed by atoms with E-state index in [0.717, 1.165) is 12.8 Å². The average molecular weight is 226 g/mol. The Morgan fingerprint density at radius 2 is 2.12 bits per heavy atom. The molecule has 0 bridgehead atoms. The summed E-state index contributed by atoms with van der Waals surface area (Å²) in [6, 6.07) is 0. The van der Waals surface area contributed by atoms with Crippen LogP contribution in [0.25, 0.3) is 0 Å². The number of carbonyl (C=O) groups is 1. The molecule has 8 heavy (non-hydrogen) atoms. The van der Waals surface area contributed by atoms with Gasteiger partial charge in [-0.3, -0.25) is 4.79 Å². The quantitative estimate of drug-likeness (QED) is 0.409. The minimum Gasteiger partial charge on any atom is -0.288 e. The van der Waals surface area contributed by atoms with Crippen molar-refractivity contribution in [3.63, 3.8) is 0 Å². The zero-order valence-electron chi connectivity index (χ0n) is 5.11. The average Bonchev–Trinajstić information content (AvgIpc) is 1.66. The summed E-state index contributed by atoms with van der Waals surface area (Å²) in [7, 11) is 0. The van der Waals surface area contributed by atoms with E-state index in [9.17, 15) is 4.79 Å². The molecule has 0 unspecified atom stereocenters. The predicted molar refractivity (Wildman–Crippen MR) is 43.2 cm³/mol. The van der Waals surface area contributed by atoms with Crippen LogP contribution in [0.1, 0.15) is 32.6 Å². The first kappa shape index (κ1) is 8.40. The molecule has 0 atom stereocenters. The van der Waals surface area contributed by atoms with Crippen LogP contribution in [0.5, 0.6) is 0 Å². The number of unbranched alkanes of at least 4 members (excludes halogenated alkanes) is 2. The first-order valence-electron chi connectivity index (χ1n) is 2.95. The molecule has 0 aromatic heterocycles. The van der Waals surface area contributed by atoms with Crippen molar-refractivity contribution in [1.82, 2.24) is 0 Å². The summed E-state index contributed by atoms with van der Waals surface area (Å²) in [5.41, 5.74) is 0. The number of hydrogen-bond acceptors (Lipinski definition) is 1. The monoisotopic (exact) mass is 226 g/mol. The van der Waals surface area contributed by atoms with Crippen molar-refractivity contribution in [2.75, 3.05) is 0 Å². The molecule has 0 saturated heterocycles. The highest BCUT2D eigenvalue weighted by Crippen LogP contribution is 2.02. The van der Waals surface area contributed by atoms with Gasteiger partial charge in [0.15, 0.2) is 3.79 Å². The van der Waals surface area contributed by atoms with Crippen LogP contribution in [-0.2, 0) is 4.79 Å². The van der Waals surface area contributed by atoms with E-state index >= 15 is 0 Å². The van der Waals surface area contributed by atoms with Gasteiger partial charge in [0.25, 0.3) is 0 Å². The Morgan fingerprint density at radius 1 is 1.50 bits per heavy atom. The van der Waals surface area contributed by atoms with Crippen LogP contribution in [0.4, 0.5) is 0 Å². The molecule has 0 radical (unpaired) electrons. The highest BCUT2D eigenvalue weighted by molar-refractivity contribution is 14.1. The fraction of sp³-hybridized carbons (Fsp3) is 0.833. The molecule has 0 fully saturated rings. The lowest BCUT2D eigenvalue weighted by Gasteiger charge is -1.89. The van der Waals surface area contributed by atoms with E-state index in [1.807, 2.05) is 22.6 Å². The Balaban J connectivity index is 2.82. The molecule has 0 aromatic rings. The highest BCUT2D eigenvalue weighted by atomic mass is 127. The van der Waals surface area contributed by atoms with E-state index in [1.165, 1.54) is 12.8 Å². The number of rotatable bonds is 4. The molecule has 0 heterocycles. The molecule has 0 rings (SSSR count). The van der Waals surface area contributed by atoms with Crippen LogP contribution in [0.2, 0.25) is 0 Å². The molecule has 0 spiro atoms. The third-order valence-corrected chi connectivity index (χ3v) is 1.52. The van der Waals surface area contributed by atoms with Gasteiger partial charge in [-0.15, -0.1) is 0 Å². The van der Waals surface area contributed by atoms with Crippen LogP contribution < -0.4 is 0 Å². The van der Waals surface area contributed by atoms with Crippen molar-refractivity contribution in [2.24, 2.45) is 0 Å². The van der Waals surface area contributed by atoms with Gasteiger partial charge in [-0.1, -0.05) is 19.8 Å². The van der Waals surface area contributed by atoms with Gasteiger partial charge >= 0.3 is 0 Å². The smallest absolute Gasteiger partial charge is 0.192 e. The Kier molecular flexibility index (Phi) is 5.81. The van der Waals surface area contributed by atoms with Crippen LogP contribution in [0.15, 0.2) is 0 Å². The standard InChI is InChI=1S/C6H11IO/c1-2-3-4-5-6(7)8/h2-5H2,1H3. The molecule has 0 amide bonds. The second-order valence-electron chi connectivity index (χ2n) is 1.81. The van der Waals surface area contributed by atoms with Gasteiger partial charge in [-0.05, 0) is 29.0 Å². The van der Waals surface area contributed by atoms with Gasteiger partial charge in [-0.2, -0.15) is 0 Å². The third-order valence-electron chi connectivity index (χ3n) is 0.977. The minimum absolute atomic E-state index is 0.288. The summed E-state index contributed by atoms with van der Waals surface area (Å²) in [5.74, 6) is 0. The van der Waals surface area contributed by atoms with Crippen molar-refractivity contribution < 1.29 is 4.79 Å². The lowest BCUT2D eigenvalue weighted by atomic mass is 10.2. The zero-order valence-corrected chi connectivity index (χ0v) is 7.27. The van der Waals surface area contributed by atoms with Crippen molar-refractivity contribution in [2.45, 2.75) is 32.6 Å². The van der Waals surface area contributed by atoms with Crippen LogP contribution in [0, 0.1) is 0 Å². The van der Waals surface area contributed by atoms with E-state index in [2.05, 4.69) is 6.92 Å². The first-order chi connectivity index (χ1) is 3.77. The normalized spacial score (nSPS) is 9.25. The molecule has 0 aliphatic carbocycles. The summed E-state index contributed by atoms with van der Waals surface area (Å²) in [4.78, 5) is 10.3.